The normalized spacial score (nSPS) is 16.9. The van der Waals surface area contributed by atoms with Crippen LogP contribution in [-0.2, 0) is 69.3 Å². The number of esters is 2. The van der Waals surface area contributed by atoms with Gasteiger partial charge in [-0.15, -0.1) is 12.4 Å². The molecule has 28 heteroatoms. The van der Waals surface area contributed by atoms with Crippen LogP contribution in [0.2, 0.25) is 0 Å². The van der Waals surface area contributed by atoms with Crippen LogP contribution in [0.25, 0.3) is 22.3 Å². The molecular formula is C32H54ClFN12O11P2V. The molecule has 23 nitrogen and oxygen atoms in total. The monoisotopic (exact) mass is 951 g/mol. The van der Waals surface area contributed by atoms with Crippen molar-refractivity contribution < 1.29 is 75.6 Å². The standard InChI is InChI=1S/C16H25N6O5P.C9H14N5O4P.C7H13NO2.ClH.FH.V/c1-10(6-22-8-20-13-14(17)18-7-19-15(13)22)26-9-28(24,25)21-11(2)16(23)27-12-4-3-5-12;1-6(18-5-19(15,16)17)2-14-4-13-7-8(10)11-3-12-9(7)14;1-5(8)7(9)10-6-3-2-4-6;;;/h7-8,10-12H,3-6,9H2,1-2H3,(H2,17,18,19)(H2,21,24,25);3-4,6H,2,5H2,1H3,(H2,10,11,12)(H2,15,16,17);5-6H,2-4,8H2,1H3;2*1H;/t10-,11-;6-;5-;;;/m111.../s1/i/hT. The summed E-state index contributed by atoms with van der Waals surface area (Å²) in [5.74, 6) is -0.240. The molecule has 2 saturated carbocycles. The third kappa shape index (κ3) is 17.2. The van der Waals surface area contributed by atoms with E-state index in [1.807, 2.05) is 0 Å². The van der Waals surface area contributed by atoms with Crippen molar-refractivity contribution in [3.8, 4) is 0 Å². The van der Waals surface area contributed by atoms with Crippen LogP contribution in [0.4, 0.5) is 16.4 Å². The Labute approximate surface area is 364 Å². The average molecular weight is 952 g/mol. The minimum Gasteiger partial charge on any atom is -0.461 e. The van der Waals surface area contributed by atoms with Gasteiger partial charge in [-0.05, 0) is 66.2 Å². The maximum Gasteiger partial charge on any atom is 0.350 e. The summed E-state index contributed by atoms with van der Waals surface area (Å²) in [7, 11) is -8.04. The van der Waals surface area contributed by atoms with Crippen LogP contribution in [0, 0.1) is 0 Å². The van der Waals surface area contributed by atoms with E-state index in [1.54, 1.807) is 36.2 Å². The van der Waals surface area contributed by atoms with Crippen molar-refractivity contribution in [3.05, 3.63) is 25.3 Å². The summed E-state index contributed by atoms with van der Waals surface area (Å²) in [6, 6.07) is -1.37. The predicted molar refractivity (Wildman–Crippen MR) is 216 cm³/mol. The van der Waals surface area contributed by atoms with Crippen LogP contribution in [-0.4, -0.2) is 116 Å². The van der Waals surface area contributed by atoms with Crippen LogP contribution in [0.3, 0.4) is 0 Å². The fraction of sp³-hybridized carbons (Fsp3) is 0.625. The van der Waals surface area contributed by atoms with Crippen LogP contribution >= 0.6 is 27.5 Å². The number of anilines is 2. The third-order valence-electron chi connectivity index (χ3n) is 8.62. The first kappa shape index (κ1) is 52.8. The molecule has 0 aromatic carbocycles. The quantitative estimate of drug-likeness (QED) is 0.0623. The van der Waals surface area contributed by atoms with Gasteiger partial charge in [0.15, 0.2) is 22.9 Å². The zero-order chi connectivity index (χ0) is 43.9. The van der Waals surface area contributed by atoms with Crippen molar-refractivity contribution >= 4 is 73.4 Å². The summed E-state index contributed by atoms with van der Waals surface area (Å²) >= 11 is 0. The molecule has 1 radical (unpaired) electrons. The summed E-state index contributed by atoms with van der Waals surface area (Å²) in [6.45, 7) is 7.30. The number of imidazole rings is 2. The van der Waals surface area contributed by atoms with E-state index in [1.165, 1.54) is 32.3 Å². The number of nitrogens with zero attached hydrogens (tertiary/aromatic N) is 8. The second-order valence-corrected chi connectivity index (χ2v) is 17.4. The van der Waals surface area contributed by atoms with E-state index in [4.69, 9.17) is 50.7 Å². The summed E-state index contributed by atoms with van der Waals surface area (Å²) in [4.78, 5) is 74.4. The fourth-order valence-electron chi connectivity index (χ4n) is 5.08. The Bertz CT molecular complexity index is 2070. The van der Waals surface area contributed by atoms with Crippen molar-refractivity contribution in [2.24, 2.45) is 5.73 Å². The smallest absolute Gasteiger partial charge is 0.350 e. The predicted octanol–water partition coefficient (Wildman–Crippen LogP) is 1.98. The number of carbonyl (C=O) groups excluding carboxylic acids is 2. The summed E-state index contributed by atoms with van der Waals surface area (Å²) < 4.78 is 60.2. The van der Waals surface area contributed by atoms with E-state index in [0.717, 1.165) is 32.1 Å². The molecule has 6 rings (SSSR count). The van der Waals surface area contributed by atoms with Gasteiger partial charge in [-0.2, -0.15) is 0 Å². The molecule has 0 amide bonds. The number of halogens is 2. The van der Waals surface area contributed by atoms with E-state index in [9.17, 15) is 23.6 Å². The Morgan fingerprint density at radius 3 is 1.60 bits per heavy atom. The molecule has 4 aromatic heterocycles. The van der Waals surface area contributed by atoms with Crippen molar-refractivity contribution in [3.63, 3.8) is 0 Å². The number of ether oxygens (including phenoxy) is 4. The van der Waals surface area contributed by atoms with Gasteiger partial charge < -0.3 is 60.0 Å². The number of hydrogen-bond donors (Lipinski definition) is 7. The SMILES string of the molecule is C[C@@H](N)C(=O)OC1CCC1.C[C@H](Cn1cnc2c(N)ncnc21)OCP(=O)(O)N[C@H](C)C(=O)OC1CCC1.C[C@H](Cn1cnc2c(N)ncnc21)OCP(=O)(O)O.Cl.[3H]F.[V]. The Morgan fingerprint density at radius 2 is 1.22 bits per heavy atom. The summed E-state index contributed by atoms with van der Waals surface area (Å²) in [6.07, 6.45) is 9.91. The molecule has 2 aliphatic carbocycles. The topological polar surface area (TPSA) is 343 Å². The number of nitrogens with one attached hydrogen (secondary N) is 1. The zero-order valence-corrected chi connectivity index (χ0v) is 37.4. The molecule has 1 unspecified atom stereocenters. The first-order chi connectivity index (χ1) is 27.8. The summed E-state index contributed by atoms with van der Waals surface area (Å²) in [5.41, 5.74) is 18.8. The van der Waals surface area contributed by atoms with E-state index in [0.29, 0.717) is 35.4 Å². The van der Waals surface area contributed by atoms with Crippen LogP contribution in [0.15, 0.2) is 25.3 Å². The second kappa shape index (κ2) is 24.9. The average Bonchev–Trinajstić information content (AvgIpc) is 3.75. The van der Waals surface area contributed by atoms with Crippen LogP contribution < -0.4 is 22.3 Å². The zero-order valence-electron chi connectivity index (χ0n) is 34.4. The molecule has 4 heterocycles. The number of hydrogen-bond acceptors (Lipinski definition) is 17. The molecule has 2 aliphatic rings. The Balaban J connectivity index is 0.000000487. The molecule has 0 bridgehead atoms. The Hall–Kier alpha value is -3.38. The van der Waals surface area contributed by atoms with Crippen LogP contribution in [0.5, 0.6) is 0 Å². The van der Waals surface area contributed by atoms with Crippen molar-refractivity contribution in [2.45, 2.75) is 116 Å². The van der Waals surface area contributed by atoms with E-state index >= 15 is 0 Å². The molecule has 4 aromatic rings. The number of carbonyl (C=O) groups is 2. The van der Waals surface area contributed by atoms with Gasteiger partial charge in [0.05, 0.1) is 38.0 Å². The van der Waals surface area contributed by atoms with Gasteiger partial charge in [-0.25, -0.2) is 35.0 Å². The maximum absolute atomic E-state index is 12.3. The minimum absolute atomic E-state index is 0. The maximum atomic E-state index is 12.3. The van der Waals surface area contributed by atoms with Crippen molar-refractivity contribution in [2.75, 3.05) is 24.2 Å². The van der Waals surface area contributed by atoms with E-state index in [2.05, 4.69) is 36.4 Å². The number of aromatic nitrogens is 8. The number of rotatable bonds is 16. The molecule has 60 heavy (non-hydrogen) atoms. The van der Waals surface area contributed by atoms with Gasteiger partial charge in [0.2, 0.25) is 0 Å². The van der Waals surface area contributed by atoms with Gasteiger partial charge in [-0.3, -0.25) is 23.4 Å². The minimum atomic E-state index is -4.16. The second-order valence-electron chi connectivity index (χ2n) is 13.9. The molecule has 0 aliphatic heterocycles. The van der Waals surface area contributed by atoms with Gasteiger partial charge in [0.1, 0.15) is 60.7 Å². The first-order valence-electron chi connectivity index (χ1n) is 18.6. The molecule has 0 saturated heterocycles. The van der Waals surface area contributed by atoms with Crippen LogP contribution in [0.1, 0.15) is 66.2 Å². The molecule has 0 spiro atoms. The third-order valence-corrected chi connectivity index (χ3v) is 10.4. The molecule has 2 fully saturated rings. The largest absolute Gasteiger partial charge is 0.461 e. The number of fused-ring (bicyclic) bond motifs is 2. The van der Waals surface area contributed by atoms with Gasteiger partial charge >= 0.3 is 19.5 Å². The van der Waals surface area contributed by atoms with Gasteiger partial charge in [-0.1, -0.05) is 0 Å². The van der Waals surface area contributed by atoms with Gasteiger partial charge in [0.25, 0.3) is 8.97 Å². The number of nitrogen functional groups attached to an aromatic ring is 2. The van der Waals surface area contributed by atoms with Crippen molar-refractivity contribution in [1.82, 2.24) is 44.1 Å². The molecule has 10 N–H and O–H groups in total. The molecule has 5 atom stereocenters. The van der Waals surface area contributed by atoms with Gasteiger partial charge in [0, 0.05) is 18.6 Å². The first-order valence-corrected chi connectivity index (χ1v) is 21.8. The molecular weight excluding hydrogens is 896 g/mol. The summed E-state index contributed by atoms with van der Waals surface area (Å²) in [5, 5.41) is 2.42. The molecule has 337 valence electrons. The van der Waals surface area contributed by atoms with E-state index < -0.39 is 58.1 Å². The fourth-order valence-corrected chi connectivity index (χ4v) is 6.77. The van der Waals surface area contributed by atoms with Crippen molar-refractivity contribution in [1.29, 1.82) is 1.45 Å². The Morgan fingerprint density at radius 1 is 0.800 bits per heavy atom. The Kier molecular flexibility index (Phi) is 21.9. The number of nitrogens with two attached hydrogens (primary N) is 3. The van der Waals surface area contributed by atoms with E-state index in [-0.39, 0.29) is 60.8 Å².